The Morgan fingerprint density at radius 1 is 1.17 bits per heavy atom. The van der Waals surface area contributed by atoms with Crippen LogP contribution in [0.15, 0.2) is 30.3 Å². The lowest BCUT2D eigenvalue weighted by Crippen LogP contribution is -2.51. The molecule has 1 aromatic rings. The fourth-order valence-corrected chi connectivity index (χ4v) is 4.35. The Morgan fingerprint density at radius 2 is 1.87 bits per heavy atom. The first-order valence-corrected chi connectivity index (χ1v) is 10.7. The summed E-state index contributed by atoms with van der Waals surface area (Å²) >= 11 is 5.28. The Kier molecular flexibility index (Phi) is 6.85. The van der Waals surface area contributed by atoms with Crippen LogP contribution in [-0.4, -0.2) is 52.6 Å². The van der Waals surface area contributed by atoms with Gasteiger partial charge in [-0.2, -0.15) is 0 Å². The fourth-order valence-electron chi connectivity index (χ4n) is 4.13. The lowest BCUT2D eigenvalue weighted by atomic mass is 9.85. The predicted molar refractivity (Wildman–Crippen MR) is 114 cm³/mol. The number of para-hydroxylation sites is 1. The quantitative estimate of drug-likeness (QED) is 0.521. The number of fused-ring (bicyclic) bond motifs is 2. The molecule has 0 N–H and O–H groups in total. The van der Waals surface area contributed by atoms with Gasteiger partial charge in [0, 0.05) is 12.2 Å². The maximum Gasteiger partial charge on any atom is 0.411 e. The predicted octanol–water partition coefficient (Wildman–Crippen LogP) is 4.09. The Bertz CT molecular complexity index is 778. The maximum atomic E-state index is 13.0. The van der Waals surface area contributed by atoms with Crippen molar-refractivity contribution in [2.45, 2.75) is 70.7 Å². The smallest absolute Gasteiger partial charge is 0.411 e. The largest absolute Gasteiger partial charge is 0.464 e. The highest BCUT2D eigenvalue weighted by Crippen LogP contribution is 2.43. The number of carbonyl (C=O) groups is 2. The van der Waals surface area contributed by atoms with E-state index in [1.807, 2.05) is 18.2 Å². The van der Waals surface area contributed by atoms with Gasteiger partial charge in [-0.25, -0.2) is 9.59 Å². The van der Waals surface area contributed by atoms with E-state index in [4.69, 9.17) is 31.2 Å². The molecule has 2 bridgehead atoms. The number of thiocarbonyl (C=S) groups is 1. The molecule has 3 rings (SSSR count). The maximum absolute atomic E-state index is 13.0. The van der Waals surface area contributed by atoms with Crippen molar-refractivity contribution >= 4 is 29.5 Å². The number of amides is 1. The van der Waals surface area contributed by atoms with Gasteiger partial charge in [-0.15, -0.1) is 0 Å². The van der Waals surface area contributed by atoms with Crippen LogP contribution in [0.2, 0.25) is 0 Å². The summed E-state index contributed by atoms with van der Waals surface area (Å²) in [5.74, 6) is 0.181. The van der Waals surface area contributed by atoms with Crippen molar-refractivity contribution in [3.63, 3.8) is 0 Å². The van der Waals surface area contributed by atoms with Crippen molar-refractivity contribution in [3.05, 3.63) is 30.3 Å². The number of esters is 1. The van der Waals surface area contributed by atoms with Crippen LogP contribution >= 0.6 is 12.2 Å². The molecular formula is C22H29NO6S. The lowest BCUT2D eigenvalue weighted by molar-refractivity contribution is -0.150. The van der Waals surface area contributed by atoms with Crippen LogP contribution in [0.3, 0.4) is 0 Å². The summed E-state index contributed by atoms with van der Waals surface area (Å²) < 4.78 is 22.4. The van der Waals surface area contributed by atoms with Crippen molar-refractivity contribution in [1.82, 2.24) is 4.90 Å². The average molecular weight is 436 g/mol. The van der Waals surface area contributed by atoms with Crippen molar-refractivity contribution < 1.29 is 28.5 Å². The van der Waals surface area contributed by atoms with E-state index >= 15 is 0 Å². The zero-order valence-electron chi connectivity index (χ0n) is 17.8. The Morgan fingerprint density at radius 3 is 2.50 bits per heavy atom. The number of likely N-dealkylation sites (tertiary alicyclic amines) is 1. The molecule has 164 valence electrons. The Hall–Kier alpha value is -2.35. The normalized spacial score (nSPS) is 25.4. The summed E-state index contributed by atoms with van der Waals surface area (Å²) in [7, 11) is 0. The molecule has 8 heteroatoms. The van der Waals surface area contributed by atoms with E-state index in [1.165, 1.54) is 4.90 Å². The number of benzene rings is 1. The summed E-state index contributed by atoms with van der Waals surface area (Å²) in [4.78, 5) is 27.2. The second-order valence-electron chi connectivity index (χ2n) is 8.55. The van der Waals surface area contributed by atoms with E-state index in [-0.39, 0.29) is 29.9 Å². The molecule has 1 amide bonds. The Labute approximate surface area is 182 Å². The molecule has 2 unspecified atom stereocenters. The van der Waals surface area contributed by atoms with Crippen LogP contribution in [0.1, 0.15) is 47.0 Å². The van der Waals surface area contributed by atoms with Crippen molar-refractivity contribution in [1.29, 1.82) is 0 Å². The average Bonchev–Trinajstić information content (AvgIpc) is 2.97. The van der Waals surface area contributed by atoms with Gasteiger partial charge in [0.05, 0.1) is 12.6 Å². The molecule has 1 aliphatic heterocycles. The van der Waals surface area contributed by atoms with E-state index in [0.717, 1.165) is 6.42 Å². The van der Waals surface area contributed by atoms with E-state index in [9.17, 15) is 9.59 Å². The third-order valence-electron chi connectivity index (χ3n) is 5.22. The van der Waals surface area contributed by atoms with Gasteiger partial charge in [0.1, 0.15) is 23.5 Å². The molecule has 1 aliphatic carbocycles. The molecule has 4 atom stereocenters. The molecular weight excluding hydrogens is 406 g/mol. The van der Waals surface area contributed by atoms with E-state index < -0.39 is 23.7 Å². The molecule has 0 spiro atoms. The highest BCUT2D eigenvalue weighted by Gasteiger charge is 2.55. The molecule has 1 heterocycles. The van der Waals surface area contributed by atoms with Gasteiger partial charge in [-0.3, -0.25) is 4.90 Å². The molecule has 7 nitrogen and oxygen atoms in total. The molecule has 0 aromatic heterocycles. The fraction of sp³-hybridized carbons (Fsp3) is 0.591. The van der Waals surface area contributed by atoms with E-state index in [2.05, 4.69) is 0 Å². The standard InChI is InChI=1S/C22H29NO6S/c1-5-26-19(24)18-14-11-12-17(28-21(30)27-15-9-7-6-8-10-15)16(13-14)23(18)20(25)29-22(2,3)4/h6-10,14,16-18H,5,11-13H2,1-4H3/t14?,16?,17-,18+/m1/s1. The number of hydrogen-bond acceptors (Lipinski definition) is 7. The number of hydrogen-bond donors (Lipinski definition) is 0. The van der Waals surface area contributed by atoms with Gasteiger partial charge < -0.3 is 18.9 Å². The third-order valence-corrected chi connectivity index (χ3v) is 5.40. The summed E-state index contributed by atoms with van der Waals surface area (Å²) in [6.07, 6.45) is 1.07. The summed E-state index contributed by atoms with van der Waals surface area (Å²) in [6.45, 7) is 7.39. The first-order chi connectivity index (χ1) is 14.2. The highest BCUT2D eigenvalue weighted by molar-refractivity contribution is 7.79. The number of nitrogens with zero attached hydrogens (tertiary/aromatic N) is 1. The third kappa shape index (κ3) is 5.22. The summed E-state index contributed by atoms with van der Waals surface area (Å²) in [6, 6.07) is 8.11. The zero-order chi connectivity index (χ0) is 21.9. The van der Waals surface area contributed by atoms with Crippen LogP contribution in [0.4, 0.5) is 4.79 Å². The number of ether oxygens (including phenoxy) is 4. The first-order valence-electron chi connectivity index (χ1n) is 10.3. The van der Waals surface area contributed by atoms with Crippen LogP contribution in [0.5, 0.6) is 5.75 Å². The number of carbonyl (C=O) groups excluding carboxylic acids is 2. The van der Waals surface area contributed by atoms with E-state index in [1.54, 1.807) is 39.8 Å². The molecule has 1 saturated heterocycles. The minimum Gasteiger partial charge on any atom is -0.464 e. The van der Waals surface area contributed by atoms with Crippen LogP contribution in [0, 0.1) is 5.92 Å². The van der Waals surface area contributed by atoms with Crippen LogP contribution < -0.4 is 4.74 Å². The van der Waals surface area contributed by atoms with Gasteiger partial charge in [-0.05, 0) is 65.0 Å². The van der Waals surface area contributed by atoms with Gasteiger partial charge in [0.15, 0.2) is 0 Å². The van der Waals surface area contributed by atoms with E-state index in [0.29, 0.717) is 18.6 Å². The molecule has 30 heavy (non-hydrogen) atoms. The van der Waals surface area contributed by atoms with Gasteiger partial charge >= 0.3 is 17.3 Å². The molecule has 1 aromatic carbocycles. The van der Waals surface area contributed by atoms with Crippen LogP contribution in [0.25, 0.3) is 0 Å². The Balaban J connectivity index is 1.77. The minimum atomic E-state index is -0.685. The highest BCUT2D eigenvalue weighted by atomic mass is 32.1. The van der Waals surface area contributed by atoms with Gasteiger partial charge in [-0.1, -0.05) is 18.2 Å². The number of rotatable bonds is 4. The molecule has 2 fully saturated rings. The summed E-state index contributed by atoms with van der Waals surface area (Å²) in [5.41, 5.74) is -0.685. The zero-order valence-corrected chi connectivity index (χ0v) is 18.6. The minimum absolute atomic E-state index is 0.00466. The summed E-state index contributed by atoms with van der Waals surface area (Å²) in [5, 5.41) is -0.00614. The van der Waals surface area contributed by atoms with Crippen LogP contribution in [-0.2, 0) is 19.0 Å². The molecule has 1 saturated carbocycles. The molecule has 0 radical (unpaired) electrons. The molecule has 2 aliphatic rings. The van der Waals surface area contributed by atoms with Crippen molar-refractivity contribution in [3.8, 4) is 5.75 Å². The van der Waals surface area contributed by atoms with Crippen molar-refractivity contribution in [2.75, 3.05) is 6.61 Å². The van der Waals surface area contributed by atoms with Gasteiger partial charge in [0.2, 0.25) is 0 Å². The van der Waals surface area contributed by atoms with Crippen molar-refractivity contribution in [2.24, 2.45) is 5.92 Å². The topological polar surface area (TPSA) is 74.3 Å². The second kappa shape index (κ2) is 9.20. The first kappa shape index (κ1) is 22.3. The second-order valence-corrected chi connectivity index (χ2v) is 8.88. The monoisotopic (exact) mass is 435 g/mol. The SMILES string of the molecule is CCOC(=O)[C@@H]1C2CC[C@@H](OC(=S)Oc3ccccc3)C(C2)N1C(=O)OC(C)(C)C. The van der Waals surface area contributed by atoms with Gasteiger partial charge in [0.25, 0.3) is 0 Å². The lowest BCUT2D eigenvalue weighted by Gasteiger charge is -2.34.